The van der Waals surface area contributed by atoms with Crippen molar-refractivity contribution in [1.82, 2.24) is 5.32 Å². The molecule has 0 aromatic heterocycles. The number of benzene rings is 2. The number of nitriles is 1. The Balaban J connectivity index is 1.74. The van der Waals surface area contributed by atoms with Gasteiger partial charge in [0.25, 0.3) is 0 Å². The number of hydrogen-bond acceptors (Lipinski definition) is 2. The maximum Gasteiger partial charge on any atom is 0.0991 e. The van der Waals surface area contributed by atoms with E-state index in [2.05, 4.69) is 66.9 Å². The third kappa shape index (κ3) is 2.29. The molecule has 2 nitrogen and oxygen atoms in total. The second-order valence-electron chi connectivity index (χ2n) is 6.70. The Morgan fingerprint density at radius 2 is 1.75 bits per heavy atom. The first-order chi connectivity index (χ1) is 11.7. The second kappa shape index (κ2) is 5.78. The summed E-state index contributed by atoms with van der Waals surface area (Å²) >= 11 is 0. The molecule has 24 heavy (non-hydrogen) atoms. The summed E-state index contributed by atoms with van der Waals surface area (Å²) in [5.74, 6) is 0. The lowest BCUT2D eigenvalue weighted by Gasteiger charge is -2.34. The molecule has 1 aliphatic carbocycles. The van der Waals surface area contributed by atoms with E-state index in [1.165, 1.54) is 22.3 Å². The van der Waals surface area contributed by atoms with Crippen LogP contribution >= 0.6 is 0 Å². The molecule has 2 aromatic carbocycles. The summed E-state index contributed by atoms with van der Waals surface area (Å²) in [6.07, 6.45) is 6.98. The van der Waals surface area contributed by atoms with Crippen LogP contribution in [0, 0.1) is 16.7 Å². The van der Waals surface area contributed by atoms with Gasteiger partial charge in [0.1, 0.15) is 0 Å². The quantitative estimate of drug-likeness (QED) is 0.852. The van der Waals surface area contributed by atoms with Crippen LogP contribution in [0.4, 0.5) is 0 Å². The molecular formula is C22H20N2. The molecule has 3 atom stereocenters. The largest absolute Gasteiger partial charge is 0.302 e. The van der Waals surface area contributed by atoms with Crippen LogP contribution in [0.25, 0.3) is 5.57 Å². The van der Waals surface area contributed by atoms with E-state index < -0.39 is 5.41 Å². The highest BCUT2D eigenvalue weighted by Crippen LogP contribution is 2.49. The first-order valence-corrected chi connectivity index (χ1v) is 8.43. The third-order valence-electron chi connectivity index (χ3n) is 5.23. The summed E-state index contributed by atoms with van der Waals surface area (Å²) in [7, 11) is 0. The van der Waals surface area contributed by atoms with Crippen LogP contribution < -0.4 is 5.32 Å². The lowest BCUT2D eigenvalue weighted by molar-refractivity contribution is 0.343. The zero-order chi connectivity index (χ0) is 16.6. The van der Waals surface area contributed by atoms with Crippen molar-refractivity contribution in [3.8, 4) is 6.07 Å². The van der Waals surface area contributed by atoms with Crippen LogP contribution in [0.2, 0.25) is 0 Å². The SMILES string of the molecule is CC1NC(C2(C#N)C=CC=C(c3ccccc3)C2)c2ccccc21. The smallest absolute Gasteiger partial charge is 0.0991 e. The number of allylic oxidation sites excluding steroid dienone is 3. The number of nitrogens with one attached hydrogen (secondary N) is 1. The summed E-state index contributed by atoms with van der Waals surface area (Å²) in [5.41, 5.74) is 4.42. The minimum Gasteiger partial charge on any atom is -0.302 e. The molecule has 4 rings (SSSR count). The summed E-state index contributed by atoms with van der Waals surface area (Å²) in [6.45, 7) is 2.17. The lowest BCUT2D eigenvalue weighted by atomic mass is 9.71. The van der Waals surface area contributed by atoms with E-state index in [9.17, 15) is 5.26 Å². The third-order valence-corrected chi connectivity index (χ3v) is 5.23. The second-order valence-corrected chi connectivity index (χ2v) is 6.70. The number of rotatable bonds is 2. The van der Waals surface area contributed by atoms with Gasteiger partial charge in [-0.2, -0.15) is 5.26 Å². The Labute approximate surface area is 143 Å². The van der Waals surface area contributed by atoms with E-state index in [0.29, 0.717) is 0 Å². The summed E-state index contributed by atoms with van der Waals surface area (Å²) in [4.78, 5) is 0. The Bertz CT molecular complexity index is 857. The molecule has 3 unspecified atom stereocenters. The van der Waals surface area contributed by atoms with Crippen LogP contribution in [0.1, 0.15) is 42.1 Å². The lowest BCUT2D eigenvalue weighted by Crippen LogP contribution is -2.34. The van der Waals surface area contributed by atoms with Crippen molar-refractivity contribution in [2.45, 2.75) is 25.4 Å². The molecule has 0 saturated carbocycles. The van der Waals surface area contributed by atoms with Crippen molar-refractivity contribution in [2.75, 3.05) is 0 Å². The first kappa shape index (κ1) is 14.9. The van der Waals surface area contributed by atoms with E-state index in [-0.39, 0.29) is 12.1 Å². The first-order valence-electron chi connectivity index (χ1n) is 8.43. The van der Waals surface area contributed by atoms with E-state index >= 15 is 0 Å². The highest BCUT2D eigenvalue weighted by Gasteiger charge is 2.44. The average Bonchev–Trinajstić information content (AvgIpc) is 3.00. The van der Waals surface area contributed by atoms with Crippen molar-refractivity contribution >= 4 is 5.57 Å². The van der Waals surface area contributed by atoms with E-state index in [1.807, 2.05) is 24.3 Å². The molecule has 2 aliphatic rings. The molecule has 0 saturated heterocycles. The van der Waals surface area contributed by atoms with Crippen LogP contribution in [0.5, 0.6) is 0 Å². The van der Waals surface area contributed by atoms with Gasteiger partial charge in [-0.05, 0) is 35.6 Å². The standard InChI is InChI=1S/C22H20N2/c1-16-19-11-5-6-12-20(19)21(24-16)22(15-23)13-7-10-18(14-22)17-8-3-2-4-9-17/h2-13,16,21,24H,14H2,1H3. The Morgan fingerprint density at radius 1 is 1.04 bits per heavy atom. The highest BCUT2D eigenvalue weighted by atomic mass is 15.0. The van der Waals surface area contributed by atoms with Crippen molar-refractivity contribution in [2.24, 2.45) is 5.41 Å². The molecule has 2 heteroatoms. The Morgan fingerprint density at radius 3 is 2.50 bits per heavy atom. The fraction of sp³-hybridized carbons (Fsp3) is 0.227. The van der Waals surface area contributed by atoms with Crippen LogP contribution in [-0.4, -0.2) is 0 Å². The molecule has 0 fully saturated rings. The van der Waals surface area contributed by atoms with Gasteiger partial charge in [0.2, 0.25) is 0 Å². The van der Waals surface area contributed by atoms with Gasteiger partial charge in [-0.3, -0.25) is 0 Å². The number of hydrogen-bond donors (Lipinski definition) is 1. The van der Waals surface area contributed by atoms with Gasteiger partial charge in [-0.25, -0.2) is 0 Å². The van der Waals surface area contributed by atoms with Crippen LogP contribution in [-0.2, 0) is 0 Å². The monoisotopic (exact) mass is 312 g/mol. The minimum absolute atomic E-state index is 0.0253. The summed E-state index contributed by atoms with van der Waals surface area (Å²) in [5, 5.41) is 13.8. The van der Waals surface area contributed by atoms with Gasteiger partial charge < -0.3 is 5.32 Å². The summed E-state index contributed by atoms with van der Waals surface area (Å²) in [6, 6.07) is 21.7. The van der Waals surface area contributed by atoms with Crippen molar-refractivity contribution < 1.29 is 0 Å². The molecular weight excluding hydrogens is 292 g/mol. The van der Waals surface area contributed by atoms with Gasteiger partial charge >= 0.3 is 0 Å². The van der Waals surface area contributed by atoms with Gasteiger partial charge in [0.15, 0.2) is 0 Å². The van der Waals surface area contributed by atoms with Gasteiger partial charge in [-0.15, -0.1) is 0 Å². The fourth-order valence-electron chi connectivity index (χ4n) is 3.98. The summed E-state index contributed by atoms with van der Waals surface area (Å²) < 4.78 is 0. The molecule has 0 spiro atoms. The topological polar surface area (TPSA) is 35.8 Å². The molecule has 1 heterocycles. The Hall–Kier alpha value is -2.63. The molecule has 1 aliphatic heterocycles. The molecule has 0 amide bonds. The van der Waals surface area contributed by atoms with E-state index in [4.69, 9.17) is 0 Å². The zero-order valence-electron chi connectivity index (χ0n) is 13.7. The van der Waals surface area contributed by atoms with Gasteiger partial charge in [-0.1, -0.05) is 72.8 Å². The average molecular weight is 312 g/mol. The number of nitrogens with zero attached hydrogens (tertiary/aromatic N) is 1. The molecule has 2 aromatic rings. The predicted octanol–water partition coefficient (Wildman–Crippen LogP) is 4.95. The van der Waals surface area contributed by atoms with Crippen molar-refractivity contribution in [3.05, 3.63) is 89.5 Å². The normalized spacial score (nSPS) is 28.1. The van der Waals surface area contributed by atoms with E-state index in [1.54, 1.807) is 0 Å². The maximum absolute atomic E-state index is 10.1. The van der Waals surface area contributed by atoms with Crippen LogP contribution in [0.15, 0.2) is 72.8 Å². The molecule has 0 radical (unpaired) electrons. The highest BCUT2D eigenvalue weighted by molar-refractivity contribution is 5.70. The minimum atomic E-state index is -0.555. The zero-order valence-corrected chi connectivity index (χ0v) is 13.7. The Kier molecular flexibility index (Phi) is 3.59. The predicted molar refractivity (Wildman–Crippen MR) is 97.0 cm³/mol. The number of fused-ring (bicyclic) bond motifs is 1. The maximum atomic E-state index is 10.1. The van der Waals surface area contributed by atoms with E-state index in [0.717, 1.165) is 6.42 Å². The molecule has 0 bridgehead atoms. The van der Waals surface area contributed by atoms with Gasteiger partial charge in [0.05, 0.1) is 17.5 Å². The molecule has 1 N–H and O–H groups in total. The fourth-order valence-corrected chi connectivity index (χ4v) is 3.98. The van der Waals surface area contributed by atoms with Crippen LogP contribution in [0.3, 0.4) is 0 Å². The van der Waals surface area contributed by atoms with Crippen molar-refractivity contribution in [3.63, 3.8) is 0 Å². The van der Waals surface area contributed by atoms with Crippen molar-refractivity contribution in [1.29, 1.82) is 5.26 Å². The molecule has 118 valence electrons. The van der Waals surface area contributed by atoms with Gasteiger partial charge in [0, 0.05) is 6.04 Å².